The van der Waals surface area contributed by atoms with Gasteiger partial charge in [-0.2, -0.15) is 0 Å². The van der Waals surface area contributed by atoms with Crippen LogP contribution in [0, 0.1) is 5.41 Å². The molecule has 1 N–H and O–H groups in total. The second kappa shape index (κ2) is 2.80. The SMILES string of the molecule is CN1C(=O)CC2(CCCNC2)C1=O. The Kier molecular flexibility index (Phi) is 1.87. The standard InChI is InChI=1S/C9H14N2O2/c1-11-7(12)5-9(8(11)13)3-2-4-10-6-9/h10H,2-6H2,1H3. The summed E-state index contributed by atoms with van der Waals surface area (Å²) in [6, 6.07) is 0. The molecule has 2 fully saturated rings. The summed E-state index contributed by atoms with van der Waals surface area (Å²) >= 11 is 0. The number of carbonyl (C=O) groups is 2. The lowest BCUT2D eigenvalue weighted by Crippen LogP contribution is -2.45. The number of amides is 2. The van der Waals surface area contributed by atoms with Crippen LogP contribution in [0.5, 0.6) is 0 Å². The van der Waals surface area contributed by atoms with E-state index in [0.717, 1.165) is 19.4 Å². The zero-order chi connectivity index (χ0) is 9.47. The number of imide groups is 1. The maximum Gasteiger partial charge on any atom is 0.236 e. The quantitative estimate of drug-likeness (QED) is 0.525. The largest absolute Gasteiger partial charge is 0.316 e. The minimum absolute atomic E-state index is 0.00435. The first-order valence-corrected chi connectivity index (χ1v) is 4.67. The first kappa shape index (κ1) is 8.69. The van der Waals surface area contributed by atoms with E-state index in [1.165, 1.54) is 4.90 Å². The van der Waals surface area contributed by atoms with Crippen LogP contribution in [0.3, 0.4) is 0 Å². The number of hydrogen-bond donors (Lipinski definition) is 1. The van der Waals surface area contributed by atoms with Gasteiger partial charge in [-0.05, 0) is 19.4 Å². The van der Waals surface area contributed by atoms with Crippen molar-refractivity contribution >= 4 is 11.8 Å². The number of nitrogens with one attached hydrogen (secondary N) is 1. The monoisotopic (exact) mass is 182 g/mol. The van der Waals surface area contributed by atoms with Gasteiger partial charge in [0.1, 0.15) is 0 Å². The Morgan fingerprint density at radius 2 is 2.23 bits per heavy atom. The van der Waals surface area contributed by atoms with Gasteiger partial charge < -0.3 is 5.32 Å². The van der Waals surface area contributed by atoms with Crippen LogP contribution in [0.2, 0.25) is 0 Å². The van der Waals surface area contributed by atoms with Crippen LogP contribution < -0.4 is 5.32 Å². The molecular formula is C9H14N2O2. The molecule has 2 heterocycles. The molecule has 1 spiro atoms. The molecular weight excluding hydrogens is 168 g/mol. The van der Waals surface area contributed by atoms with Crippen LogP contribution >= 0.6 is 0 Å². The molecule has 4 heteroatoms. The molecule has 72 valence electrons. The van der Waals surface area contributed by atoms with E-state index in [2.05, 4.69) is 5.32 Å². The molecule has 1 unspecified atom stereocenters. The maximum absolute atomic E-state index is 11.8. The topological polar surface area (TPSA) is 49.4 Å². The average Bonchev–Trinajstić information content (AvgIpc) is 2.33. The van der Waals surface area contributed by atoms with E-state index in [9.17, 15) is 9.59 Å². The van der Waals surface area contributed by atoms with Crippen molar-refractivity contribution in [2.45, 2.75) is 19.3 Å². The smallest absolute Gasteiger partial charge is 0.236 e. The molecule has 0 bridgehead atoms. The van der Waals surface area contributed by atoms with Gasteiger partial charge in [0.05, 0.1) is 5.41 Å². The second-order valence-corrected chi connectivity index (χ2v) is 4.00. The van der Waals surface area contributed by atoms with E-state index in [0.29, 0.717) is 13.0 Å². The maximum atomic E-state index is 11.8. The van der Waals surface area contributed by atoms with Crippen LogP contribution in [0.1, 0.15) is 19.3 Å². The van der Waals surface area contributed by atoms with Gasteiger partial charge in [0, 0.05) is 20.0 Å². The molecule has 2 rings (SSSR count). The zero-order valence-corrected chi connectivity index (χ0v) is 7.80. The van der Waals surface area contributed by atoms with Gasteiger partial charge in [-0.25, -0.2) is 0 Å². The van der Waals surface area contributed by atoms with Crippen molar-refractivity contribution in [3.8, 4) is 0 Å². The Hall–Kier alpha value is -0.900. The van der Waals surface area contributed by atoms with Crippen LogP contribution in [0.15, 0.2) is 0 Å². The molecule has 0 aromatic carbocycles. The van der Waals surface area contributed by atoms with Gasteiger partial charge >= 0.3 is 0 Å². The summed E-state index contributed by atoms with van der Waals surface area (Å²) < 4.78 is 0. The predicted octanol–water partition coefficient (Wildman–Crippen LogP) is -0.255. The fourth-order valence-corrected chi connectivity index (χ4v) is 2.25. The molecule has 0 aliphatic carbocycles. The molecule has 0 aromatic heterocycles. The van der Waals surface area contributed by atoms with Crippen molar-refractivity contribution < 1.29 is 9.59 Å². The number of carbonyl (C=O) groups excluding carboxylic acids is 2. The number of likely N-dealkylation sites (tertiary alicyclic amines) is 1. The van der Waals surface area contributed by atoms with Crippen LogP contribution in [-0.2, 0) is 9.59 Å². The molecule has 2 saturated heterocycles. The molecule has 0 aromatic rings. The van der Waals surface area contributed by atoms with Crippen molar-refractivity contribution in [1.29, 1.82) is 0 Å². The summed E-state index contributed by atoms with van der Waals surface area (Å²) in [5.74, 6) is -0.0293. The molecule has 4 nitrogen and oxygen atoms in total. The summed E-state index contributed by atoms with van der Waals surface area (Å²) in [5, 5.41) is 3.19. The fraction of sp³-hybridized carbons (Fsp3) is 0.778. The Morgan fingerprint density at radius 3 is 2.69 bits per heavy atom. The van der Waals surface area contributed by atoms with Gasteiger partial charge in [0.25, 0.3) is 0 Å². The number of piperidine rings is 1. The van der Waals surface area contributed by atoms with Crippen molar-refractivity contribution in [1.82, 2.24) is 10.2 Å². The summed E-state index contributed by atoms with van der Waals surface area (Å²) in [7, 11) is 1.58. The molecule has 1 atom stereocenters. The third kappa shape index (κ3) is 1.16. The highest BCUT2D eigenvalue weighted by atomic mass is 16.2. The van der Waals surface area contributed by atoms with E-state index < -0.39 is 5.41 Å². The molecule has 0 radical (unpaired) electrons. The first-order chi connectivity index (χ1) is 6.16. The van der Waals surface area contributed by atoms with Gasteiger partial charge in [-0.3, -0.25) is 14.5 Å². The molecule has 13 heavy (non-hydrogen) atoms. The minimum Gasteiger partial charge on any atom is -0.316 e. The van der Waals surface area contributed by atoms with Gasteiger partial charge in [0.2, 0.25) is 11.8 Å². The fourth-order valence-electron chi connectivity index (χ4n) is 2.25. The van der Waals surface area contributed by atoms with Crippen molar-refractivity contribution in [2.75, 3.05) is 20.1 Å². The van der Waals surface area contributed by atoms with Gasteiger partial charge in [-0.15, -0.1) is 0 Å². The van der Waals surface area contributed by atoms with E-state index in [-0.39, 0.29) is 11.8 Å². The van der Waals surface area contributed by atoms with Gasteiger partial charge in [-0.1, -0.05) is 0 Å². The molecule has 2 aliphatic heterocycles. The lowest BCUT2D eigenvalue weighted by molar-refractivity contribution is -0.140. The highest BCUT2D eigenvalue weighted by molar-refractivity contribution is 6.05. The Bertz CT molecular complexity index is 256. The molecule has 2 amide bonds. The predicted molar refractivity (Wildman–Crippen MR) is 46.9 cm³/mol. The zero-order valence-electron chi connectivity index (χ0n) is 7.80. The molecule has 0 saturated carbocycles. The number of nitrogens with zero attached hydrogens (tertiary/aromatic N) is 1. The lowest BCUT2D eigenvalue weighted by Gasteiger charge is -2.30. The summed E-state index contributed by atoms with van der Waals surface area (Å²) in [6.45, 7) is 1.63. The van der Waals surface area contributed by atoms with Crippen molar-refractivity contribution in [3.63, 3.8) is 0 Å². The highest BCUT2D eigenvalue weighted by Crippen LogP contribution is 2.37. The van der Waals surface area contributed by atoms with Crippen LogP contribution in [0.25, 0.3) is 0 Å². The average molecular weight is 182 g/mol. The van der Waals surface area contributed by atoms with Crippen LogP contribution in [-0.4, -0.2) is 36.9 Å². The van der Waals surface area contributed by atoms with Crippen molar-refractivity contribution in [3.05, 3.63) is 0 Å². The Balaban J connectivity index is 2.23. The first-order valence-electron chi connectivity index (χ1n) is 4.67. The third-order valence-electron chi connectivity index (χ3n) is 3.09. The summed E-state index contributed by atoms with van der Waals surface area (Å²) in [4.78, 5) is 24.4. The van der Waals surface area contributed by atoms with E-state index in [1.807, 2.05) is 0 Å². The van der Waals surface area contributed by atoms with E-state index in [1.54, 1.807) is 7.05 Å². The number of hydrogen-bond acceptors (Lipinski definition) is 3. The highest BCUT2D eigenvalue weighted by Gasteiger charge is 2.50. The normalized spacial score (nSPS) is 34.7. The third-order valence-corrected chi connectivity index (χ3v) is 3.09. The Labute approximate surface area is 77.3 Å². The summed E-state index contributed by atoms with van der Waals surface area (Å²) in [5.41, 5.74) is -0.399. The lowest BCUT2D eigenvalue weighted by atomic mass is 9.79. The molecule has 2 aliphatic rings. The van der Waals surface area contributed by atoms with E-state index in [4.69, 9.17) is 0 Å². The van der Waals surface area contributed by atoms with E-state index >= 15 is 0 Å². The van der Waals surface area contributed by atoms with Crippen LogP contribution in [0.4, 0.5) is 0 Å². The second-order valence-electron chi connectivity index (χ2n) is 4.00. The number of rotatable bonds is 0. The summed E-state index contributed by atoms with van der Waals surface area (Å²) in [6.07, 6.45) is 2.25. The van der Waals surface area contributed by atoms with Crippen molar-refractivity contribution in [2.24, 2.45) is 5.41 Å². The Morgan fingerprint density at radius 1 is 1.46 bits per heavy atom. The van der Waals surface area contributed by atoms with Gasteiger partial charge in [0.15, 0.2) is 0 Å². The minimum atomic E-state index is -0.399.